The molecule has 1 aliphatic heterocycles. The van der Waals surface area contributed by atoms with E-state index in [4.69, 9.17) is 0 Å². The van der Waals surface area contributed by atoms with Crippen molar-refractivity contribution in [2.45, 2.75) is 57.9 Å². The Balaban J connectivity index is 1.64. The van der Waals surface area contributed by atoms with Crippen molar-refractivity contribution in [1.82, 2.24) is 10.6 Å². The standard InChI is InChI=1S/C14H28N2/c1-2-12-4-3-5-14(10-12)16-11-13-6-8-15-9-7-13/h12-16H,2-11H2,1H3. The van der Waals surface area contributed by atoms with E-state index >= 15 is 0 Å². The molecule has 2 atom stereocenters. The number of hydrogen-bond donors (Lipinski definition) is 2. The fourth-order valence-electron chi connectivity index (χ4n) is 3.27. The highest BCUT2D eigenvalue weighted by Crippen LogP contribution is 2.26. The molecule has 2 N–H and O–H groups in total. The number of rotatable bonds is 4. The monoisotopic (exact) mass is 224 g/mol. The van der Waals surface area contributed by atoms with Gasteiger partial charge in [0, 0.05) is 6.04 Å². The Hall–Kier alpha value is -0.0800. The first-order chi connectivity index (χ1) is 7.88. The molecule has 2 nitrogen and oxygen atoms in total. The van der Waals surface area contributed by atoms with E-state index in [-0.39, 0.29) is 0 Å². The molecule has 1 saturated carbocycles. The summed E-state index contributed by atoms with van der Waals surface area (Å²) in [6.07, 6.45) is 9.90. The lowest BCUT2D eigenvalue weighted by Gasteiger charge is -2.31. The van der Waals surface area contributed by atoms with Crippen LogP contribution in [0.25, 0.3) is 0 Å². The lowest BCUT2D eigenvalue weighted by atomic mass is 9.84. The zero-order valence-corrected chi connectivity index (χ0v) is 10.8. The van der Waals surface area contributed by atoms with Gasteiger partial charge in [0.25, 0.3) is 0 Å². The normalized spacial score (nSPS) is 32.8. The molecule has 0 radical (unpaired) electrons. The predicted octanol–water partition coefficient (Wildman–Crippen LogP) is 2.54. The molecule has 0 aromatic heterocycles. The first-order valence-electron chi connectivity index (χ1n) is 7.32. The molecule has 2 heteroatoms. The number of hydrogen-bond acceptors (Lipinski definition) is 2. The van der Waals surface area contributed by atoms with Gasteiger partial charge in [0.1, 0.15) is 0 Å². The van der Waals surface area contributed by atoms with Crippen LogP contribution in [0, 0.1) is 11.8 Å². The van der Waals surface area contributed by atoms with Crippen LogP contribution in [-0.2, 0) is 0 Å². The van der Waals surface area contributed by atoms with Crippen molar-refractivity contribution in [1.29, 1.82) is 0 Å². The summed E-state index contributed by atoms with van der Waals surface area (Å²) < 4.78 is 0. The minimum Gasteiger partial charge on any atom is -0.317 e. The molecule has 2 unspecified atom stereocenters. The Morgan fingerprint density at radius 2 is 1.88 bits per heavy atom. The third-order valence-corrected chi connectivity index (χ3v) is 4.51. The van der Waals surface area contributed by atoms with Gasteiger partial charge in [-0.1, -0.05) is 26.2 Å². The minimum atomic E-state index is 0.827. The van der Waals surface area contributed by atoms with Gasteiger partial charge in [-0.3, -0.25) is 0 Å². The number of nitrogens with one attached hydrogen (secondary N) is 2. The molecular formula is C14H28N2. The van der Waals surface area contributed by atoms with Crippen LogP contribution in [0.4, 0.5) is 0 Å². The first-order valence-corrected chi connectivity index (χ1v) is 7.32. The Labute approximate surface area is 101 Å². The van der Waals surface area contributed by atoms with Crippen molar-refractivity contribution in [3.63, 3.8) is 0 Å². The maximum absolute atomic E-state index is 3.83. The molecule has 2 rings (SSSR count). The number of piperidine rings is 1. The summed E-state index contributed by atoms with van der Waals surface area (Å²) in [6, 6.07) is 0.827. The third-order valence-electron chi connectivity index (χ3n) is 4.51. The summed E-state index contributed by atoms with van der Waals surface area (Å²) in [5, 5.41) is 7.27. The van der Waals surface area contributed by atoms with Gasteiger partial charge >= 0.3 is 0 Å². The molecular weight excluding hydrogens is 196 g/mol. The minimum absolute atomic E-state index is 0.827. The van der Waals surface area contributed by atoms with Crippen LogP contribution < -0.4 is 10.6 Å². The Bertz CT molecular complexity index is 187. The van der Waals surface area contributed by atoms with Crippen LogP contribution in [0.2, 0.25) is 0 Å². The molecule has 0 aromatic carbocycles. The van der Waals surface area contributed by atoms with E-state index in [0.717, 1.165) is 17.9 Å². The van der Waals surface area contributed by atoms with Crippen molar-refractivity contribution < 1.29 is 0 Å². The van der Waals surface area contributed by atoms with Gasteiger partial charge in [0.15, 0.2) is 0 Å². The van der Waals surface area contributed by atoms with Gasteiger partial charge in [-0.25, -0.2) is 0 Å². The second-order valence-electron chi connectivity index (χ2n) is 5.74. The maximum Gasteiger partial charge on any atom is 0.00698 e. The average Bonchev–Trinajstić information content (AvgIpc) is 2.38. The second-order valence-corrected chi connectivity index (χ2v) is 5.74. The molecule has 1 aliphatic carbocycles. The Morgan fingerprint density at radius 3 is 2.62 bits per heavy atom. The SMILES string of the molecule is CCC1CCCC(NCC2CCNCC2)C1. The van der Waals surface area contributed by atoms with Crippen LogP contribution in [0.15, 0.2) is 0 Å². The maximum atomic E-state index is 3.83. The van der Waals surface area contributed by atoms with E-state index in [1.165, 1.54) is 64.6 Å². The highest BCUT2D eigenvalue weighted by atomic mass is 14.9. The zero-order chi connectivity index (χ0) is 11.2. The predicted molar refractivity (Wildman–Crippen MR) is 69.6 cm³/mol. The van der Waals surface area contributed by atoms with Crippen LogP contribution >= 0.6 is 0 Å². The van der Waals surface area contributed by atoms with Crippen LogP contribution in [0.1, 0.15) is 51.9 Å². The summed E-state index contributed by atoms with van der Waals surface area (Å²) in [7, 11) is 0. The first kappa shape index (κ1) is 12.4. The molecule has 94 valence electrons. The van der Waals surface area contributed by atoms with Crippen LogP contribution in [0.5, 0.6) is 0 Å². The Kier molecular flexibility index (Phi) is 5.11. The van der Waals surface area contributed by atoms with Crippen molar-refractivity contribution in [2.75, 3.05) is 19.6 Å². The Morgan fingerprint density at radius 1 is 1.06 bits per heavy atom. The van der Waals surface area contributed by atoms with Crippen LogP contribution in [0.3, 0.4) is 0 Å². The molecule has 16 heavy (non-hydrogen) atoms. The topological polar surface area (TPSA) is 24.1 Å². The molecule has 0 spiro atoms. The largest absolute Gasteiger partial charge is 0.317 e. The summed E-state index contributed by atoms with van der Waals surface area (Å²) in [4.78, 5) is 0. The third kappa shape index (κ3) is 3.74. The summed E-state index contributed by atoms with van der Waals surface area (Å²) in [5.74, 6) is 1.93. The van der Waals surface area contributed by atoms with E-state index in [9.17, 15) is 0 Å². The zero-order valence-electron chi connectivity index (χ0n) is 10.8. The van der Waals surface area contributed by atoms with Crippen molar-refractivity contribution in [2.24, 2.45) is 11.8 Å². The molecule has 0 bridgehead atoms. The smallest absolute Gasteiger partial charge is 0.00698 e. The van der Waals surface area contributed by atoms with E-state index in [2.05, 4.69) is 17.6 Å². The van der Waals surface area contributed by atoms with Crippen molar-refractivity contribution in [3.8, 4) is 0 Å². The van der Waals surface area contributed by atoms with E-state index in [1.54, 1.807) is 0 Å². The summed E-state index contributed by atoms with van der Waals surface area (Å²) in [5.41, 5.74) is 0. The van der Waals surface area contributed by atoms with Crippen molar-refractivity contribution >= 4 is 0 Å². The second kappa shape index (κ2) is 6.61. The summed E-state index contributed by atoms with van der Waals surface area (Å²) >= 11 is 0. The fourth-order valence-corrected chi connectivity index (χ4v) is 3.27. The van der Waals surface area contributed by atoms with Gasteiger partial charge in [-0.05, 0) is 57.2 Å². The lowest BCUT2D eigenvalue weighted by molar-refractivity contribution is 0.258. The summed E-state index contributed by atoms with van der Waals surface area (Å²) in [6.45, 7) is 6.08. The van der Waals surface area contributed by atoms with Crippen molar-refractivity contribution in [3.05, 3.63) is 0 Å². The van der Waals surface area contributed by atoms with Crippen LogP contribution in [-0.4, -0.2) is 25.7 Å². The molecule has 0 aromatic rings. The van der Waals surface area contributed by atoms with Gasteiger partial charge in [0.05, 0.1) is 0 Å². The van der Waals surface area contributed by atoms with Gasteiger partial charge < -0.3 is 10.6 Å². The fraction of sp³-hybridized carbons (Fsp3) is 1.00. The molecule has 2 aliphatic rings. The highest BCUT2D eigenvalue weighted by molar-refractivity contribution is 4.79. The van der Waals surface area contributed by atoms with E-state index in [0.29, 0.717) is 0 Å². The van der Waals surface area contributed by atoms with Gasteiger partial charge in [0.2, 0.25) is 0 Å². The quantitative estimate of drug-likeness (QED) is 0.767. The highest BCUT2D eigenvalue weighted by Gasteiger charge is 2.21. The average molecular weight is 224 g/mol. The van der Waals surface area contributed by atoms with Gasteiger partial charge in [-0.15, -0.1) is 0 Å². The van der Waals surface area contributed by atoms with E-state index in [1.807, 2.05) is 0 Å². The van der Waals surface area contributed by atoms with E-state index < -0.39 is 0 Å². The lowest BCUT2D eigenvalue weighted by Crippen LogP contribution is -2.40. The molecule has 1 heterocycles. The molecule has 0 amide bonds. The molecule has 1 saturated heterocycles. The molecule has 2 fully saturated rings. The van der Waals surface area contributed by atoms with Gasteiger partial charge in [-0.2, -0.15) is 0 Å².